The highest BCUT2D eigenvalue weighted by atomic mass is 16.4. The van der Waals surface area contributed by atoms with Crippen molar-refractivity contribution in [2.75, 3.05) is 0 Å². The predicted octanol–water partition coefficient (Wildman–Crippen LogP) is 0.630. The number of carboxylic acids is 1. The van der Waals surface area contributed by atoms with Gasteiger partial charge in [-0.25, -0.2) is 4.68 Å². The number of rotatable bonds is 3. The molecule has 1 fully saturated rings. The van der Waals surface area contributed by atoms with E-state index in [1.54, 1.807) is 6.20 Å². The van der Waals surface area contributed by atoms with Gasteiger partial charge in [-0.15, -0.1) is 5.10 Å². The normalized spacial score (nSPS) is 16.9. The molecule has 0 radical (unpaired) electrons. The summed E-state index contributed by atoms with van der Waals surface area (Å²) in [5.74, 6) is -0.388. The van der Waals surface area contributed by atoms with Crippen LogP contribution in [0.4, 0.5) is 0 Å². The topological polar surface area (TPSA) is 68.0 Å². The maximum atomic E-state index is 10.5. The number of nitrogens with zero attached hydrogens (tertiary/aromatic N) is 3. The molecule has 0 unspecified atom stereocenters. The Morgan fingerprint density at radius 3 is 3.00 bits per heavy atom. The van der Waals surface area contributed by atoms with E-state index in [-0.39, 0.29) is 6.54 Å². The van der Waals surface area contributed by atoms with Gasteiger partial charge in [-0.2, -0.15) is 0 Å². The fourth-order valence-corrected chi connectivity index (χ4v) is 1.54. The summed E-state index contributed by atoms with van der Waals surface area (Å²) in [5, 5.41) is 16.1. The van der Waals surface area contributed by atoms with Gasteiger partial charge in [0.05, 0.1) is 11.9 Å². The first-order valence-electron chi connectivity index (χ1n) is 4.37. The summed E-state index contributed by atoms with van der Waals surface area (Å²) in [6.07, 6.45) is 5.16. The largest absolute Gasteiger partial charge is 0.480 e. The Bertz CT molecular complexity index is 317. The van der Waals surface area contributed by atoms with Crippen molar-refractivity contribution in [3.8, 4) is 0 Å². The Morgan fingerprint density at radius 1 is 1.69 bits per heavy atom. The first-order chi connectivity index (χ1) is 6.27. The molecule has 1 aromatic rings. The number of aliphatic carboxylic acids is 1. The summed E-state index contributed by atoms with van der Waals surface area (Å²) in [6.45, 7) is -0.0775. The van der Waals surface area contributed by atoms with Gasteiger partial charge in [-0.05, 0) is 12.8 Å². The van der Waals surface area contributed by atoms with Crippen LogP contribution in [0.1, 0.15) is 30.9 Å². The van der Waals surface area contributed by atoms with Crippen molar-refractivity contribution >= 4 is 5.97 Å². The standard InChI is InChI=1S/C8H11N3O2/c12-8(13)5-11-7(4-9-10-11)6-2-1-3-6/h4,6H,1-3,5H2,(H,12,13). The molecule has 70 valence electrons. The van der Waals surface area contributed by atoms with E-state index in [9.17, 15) is 4.79 Å². The predicted molar refractivity (Wildman–Crippen MR) is 44.2 cm³/mol. The summed E-state index contributed by atoms with van der Waals surface area (Å²) < 4.78 is 1.48. The molecule has 0 amide bonds. The van der Waals surface area contributed by atoms with Crippen LogP contribution in [0.2, 0.25) is 0 Å². The molecule has 1 heterocycles. The Kier molecular flexibility index (Phi) is 2.00. The maximum absolute atomic E-state index is 10.5. The van der Waals surface area contributed by atoms with Gasteiger partial charge in [0, 0.05) is 5.92 Å². The highest BCUT2D eigenvalue weighted by Gasteiger charge is 2.24. The lowest BCUT2D eigenvalue weighted by atomic mass is 9.83. The second kappa shape index (κ2) is 3.16. The molecule has 1 aliphatic rings. The van der Waals surface area contributed by atoms with Gasteiger partial charge in [-0.1, -0.05) is 11.6 Å². The fourth-order valence-electron chi connectivity index (χ4n) is 1.54. The smallest absolute Gasteiger partial charge is 0.325 e. The minimum absolute atomic E-state index is 0.0775. The Hall–Kier alpha value is -1.39. The SMILES string of the molecule is O=C(O)Cn1nncc1C1CCC1. The van der Waals surface area contributed by atoms with Gasteiger partial charge < -0.3 is 5.11 Å². The van der Waals surface area contributed by atoms with Gasteiger partial charge >= 0.3 is 5.97 Å². The van der Waals surface area contributed by atoms with Crippen molar-refractivity contribution < 1.29 is 9.90 Å². The summed E-state index contributed by atoms with van der Waals surface area (Å²) in [5.41, 5.74) is 0.966. The molecular formula is C8H11N3O2. The molecule has 1 saturated carbocycles. The molecule has 5 heteroatoms. The zero-order chi connectivity index (χ0) is 9.26. The second-order valence-electron chi connectivity index (χ2n) is 3.34. The number of hydrogen-bond donors (Lipinski definition) is 1. The van der Waals surface area contributed by atoms with Crippen molar-refractivity contribution in [1.29, 1.82) is 0 Å². The third-order valence-electron chi connectivity index (χ3n) is 2.46. The third-order valence-corrected chi connectivity index (χ3v) is 2.46. The van der Waals surface area contributed by atoms with Crippen LogP contribution in [0, 0.1) is 0 Å². The summed E-state index contributed by atoms with van der Waals surface area (Å²) in [6, 6.07) is 0. The minimum Gasteiger partial charge on any atom is -0.480 e. The van der Waals surface area contributed by atoms with Crippen molar-refractivity contribution in [2.45, 2.75) is 31.7 Å². The summed E-state index contributed by atoms with van der Waals surface area (Å²) in [7, 11) is 0. The highest BCUT2D eigenvalue weighted by molar-refractivity contribution is 5.66. The molecule has 0 aliphatic heterocycles. The molecule has 0 bridgehead atoms. The van der Waals surface area contributed by atoms with Crippen LogP contribution in [0.3, 0.4) is 0 Å². The summed E-state index contributed by atoms with van der Waals surface area (Å²) >= 11 is 0. The third kappa shape index (κ3) is 1.54. The monoisotopic (exact) mass is 181 g/mol. The molecule has 1 aromatic heterocycles. The van der Waals surface area contributed by atoms with Crippen LogP contribution in [-0.2, 0) is 11.3 Å². The van der Waals surface area contributed by atoms with Gasteiger partial charge in [0.2, 0.25) is 0 Å². The van der Waals surface area contributed by atoms with Gasteiger partial charge in [-0.3, -0.25) is 4.79 Å². The molecule has 5 nitrogen and oxygen atoms in total. The first-order valence-corrected chi connectivity index (χ1v) is 4.37. The Labute approximate surface area is 75.4 Å². The molecule has 1 aliphatic carbocycles. The van der Waals surface area contributed by atoms with Gasteiger partial charge in [0.25, 0.3) is 0 Å². The van der Waals surface area contributed by atoms with Crippen LogP contribution in [0.25, 0.3) is 0 Å². The fraction of sp³-hybridized carbons (Fsp3) is 0.625. The first kappa shape index (κ1) is 8.22. The molecule has 0 atom stereocenters. The van der Waals surface area contributed by atoms with E-state index < -0.39 is 5.97 Å². The van der Waals surface area contributed by atoms with E-state index in [2.05, 4.69) is 10.3 Å². The molecule has 2 rings (SSSR count). The molecule has 13 heavy (non-hydrogen) atoms. The number of hydrogen-bond acceptors (Lipinski definition) is 3. The maximum Gasteiger partial charge on any atom is 0.325 e. The van der Waals surface area contributed by atoms with E-state index in [1.807, 2.05) is 0 Å². The van der Waals surface area contributed by atoms with E-state index in [1.165, 1.54) is 11.1 Å². The van der Waals surface area contributed by atoms with Crippen LogP contribution >= 0.6 is 0 Å². The lowest BCUT2D eigenvalue weighted by Gasteiger charge is -2.24. The van der Waals surface area contributed by atoms with E-state index in [0.717, 1.165) is 18.5 Å². The van der Waals surface area contributed by atoms with Crippen LogP contribution in [-0.4, -0.2) is 26.1 Å². The Morgan fingerprint density at radius 2 is 2.46 bits per heavy atom. The molecule has 0 saturated heterocycles. The van der Waals surface area contributed by atoms with Crippen molar-refractivity contribution in [2.24, 2.45) is 0 Å². The van der Waals surface area contributed by atoms with Crippen LogP contribution < -0.4 is 0 Å². The molecular weight excluding hydrogens is 170 g/mol. The van der Waals surface area contributed by atoms with Gasteiger partial charge in [0.15, 0.2) is 0 Å². The average Bonchev–Trinajstić information content (AvgIpc) is 2.32. The van der Waals surface area contributed by atoms with Crippen molar-refractivity contribution in [1.82, 2.24) is 15.0 Å². The van der Waals surface area contributed by atoms with E-state index >= 15 is 0 Å². The lowest BCUT2D eigenvalue weighted by molar-refractivity contribution is -0.138. The lowest BCUT2D eigenvalue weighted by Crippen LogP contribution is -2.18. The van der Waals surface area contributed by atoms with Gasteiger partial charge in [0.1, 0.15) is 6.54 Å². The number of aromatic nitrogens is 3. The average molecular weight is 181 g/mol. The summed E-state index contributed by atoms with van der Waals surface area (Å²) in [4.78, 5) is 10.5. The molecule has 0 aromatic carbocycles. The second-order valence-corrected chi connectivity index (χ2v) is 3.34. The zero-order valence-corrected chi connectivity index (χ0v) is 7.18. The zero-order valence-electron chi connectivity index (χ0n) is 7.18. The van der Waals surface area contributed by atoms with Crippen LogP contribution in [0.5, 0.6) is 0 Å². The van der Waals surface area contributed by atoms with E-state index in [4.69, 9.17) is 5.11 Å². The van der Waals surface area contributed by atoms with E-state index in [0.29, 0.717) is 5.92 Å². The molecule has 1 N–H and O–H groups in total. The number of carbonyl (C=O) groups is 1. The van der Waals surface area contributed by atoms with Crippen molar-refractivity contribution in [3.05, 3.63) is 11.9 Å². The van der Waals surface area contributed by atoms with Crippen molar-refractivity contribution in [3.63, 3.8) is 0 Å². The Balaban J connectivity index is 2.14. The van der Waals surface area contributed by atoms with Crippen LogP contribution in [0.15, 0.2) is 6.20 Å². The quantitative estimate of drug-likeness (QED) is 0.742. The highest BCUT2D eigenvalue weighted by Crippen LogP contribution is 2.35. The minimum atomic E-state index is -0.869. The molecule has 0 spiro atoms. The number of carboxylic acid groups (broad SMARTS) is 1.